The van der Waals surface area contributed by atoms with Crippen LogP contribution in [-0.2, 0) is 6.18 Å². The van der Waals surface area contributed by atoms with Gasteiger partial charge < -0.3 is 8.94 Å². The van der Waals surface area contributed by atoms with Gasteiger partial charge >= 0.3 is 6.18 Å². The fourth-order valence-corrected chi connectivity index (χ4v) is 3.74. The van der Waals surface area contributed by atoms with Crippen molar-refractivity contribution in [3.8, 4) is 22.8 Å². The number of nitrogens with zero attached hydrogens (tertiary/aromatic N) is 4. The summed E-state index contributed by atoms with van der Waals surface area (Å²) in [5.41, 5.74) is 2.45. The highest BCUT2D eigenvalue weighted by molar-refractivity contribution is 7.99. The maximum Gasteiger partial charge on any atom is 0.416 e. The number of benzene rings is 2. The molecule has 0 saturated carbocycles. The summed E-state index contributed by atoms with van der Waals surface area (Å²) >= 11 is 1.22. The van der Waals surface area contributed by atoms with Gasteiger partial charge in [0.1, 0.15) is 0 Å². The molecule has 0 aliphatic rings. The first kappa shape index (κ1) is 21.1. The molecule has 0 saturated heterocycles. The van der Waals surface area contributed by atoms with E-state index in [0.717, 1.165) is 28.8 Å². The van der Waals surface area contributed by atoms with Crippen LogP contribution < -0.4 is 0 Å². The maximum absolute atomic E-state index is 12.9. The van der Waals surface area contributed by atoms with Gasteiger partial charge in [0.05, 0.1) is 10.8 Å². The molecule has 31 heavy (non-hydrogen) atoms. The number of aromatic nitrogens is 4. The highest BCUT2D eigenvalue weighted by Gasteiger charge is 2.31. The number of alkyl halides is 3. The van der Waals surface area contributed by atoms with E-state index < -0.39 is 11.7 Å². The van der Waals surface area contributed by atoms with Crippen molar-refractivity contribution in [1.82, 2.24) is 20.3 Å². The van der Waals surface area contributed by atoms with Crippen LogP contribution in [0.15, 0.2) is 56.6 Å². The van der Waals surface area contributed by atoms with Crippen molar-refractivity contribution >= 4 is 11.8 Å². The molecule has 4 rings (SSSR count). The molecule has 0 fully saturated rings. The molecule has 0 aliphatic carbocycles. The van der Waals surface area contributed by atoms with Crippen molar-refractivity contribution in [2.24, 2.45) is 0 Å². The second-order valence-corrected chi connectivity index (χ2v) is 8.34. The summed E-state index contributed by atoms with van der Waals surface area (Å²) in [5, 5.41) is 11.9. The zero-order chi connectivity index (χ0) is 22.2. The number of hydrogen-bond acceptors (Lipinski definition) is 7. The van der Waals surface area contributed by atoms with Gasteiger partial charge in [-0.2, -0.15) is 18.2 Å². The third-order valence-electron chi connectivity index (χ3n) is 4.39. The van der Waals surface area contributed by atoms with E-state index in [2.05, 4.69) is 26.4 Å². The number of rotatable bonds is 5. The minimum Gasteiger partial charge on any atom is -0.411 e. The minimum absolute atomic E-state index is 0.0787. The van der Waals surface area contributed by atoms with E-state index in [1.54, 1.807) is 6.92 Å². The Balaban J connectivity index is 1.50. The fourth-order valence-electron chi connectivity index (χ4n) is 3.03. The summed E-state index contributed by atoms with van der Waals surface area (Å²) in [6.45, 7) is 5.78. The number of halogens is 3. The van der Waals surface area contributed by atoms with E-state index in [9.17, 15) is 13.2 Å². The Morgan fingerprint density at radius 1 is 0.968 bits per heavy atom. The summed E-state index contributed by atoms with van der Waals surface area (Å²) in [5.74, 6) is 0.718. The number of aryl methyl sites for hydroxylation is 2. The van der Waals surface area contributed by atoms with Crippen LogP contribution in [0.4, 0.5) is 13.2 Å². The van der Waals surface area contributed by atoms with Gasteiger partial charge in [0, 0.05) is 11.1 Å². The highest BCUT2D eigenvalue weighted by Crippen LogP contribution is 2.36. The molecule has 0 spiro atoms. The molecule has 0 radical (unpaired) electrons. The molecule has 6 nitrogen and oxygen atoms in total. The highest BCUT2D eigenvalue weighted by atomic mass is 32.2. The predicted octanol–water partition coefficient (Wildman–Crippen LogP) is 6.28. The summed E-state index contributed by atoms with van der Waals surface area (Å²) in [7, 11) is 0. The summed E-state index contributed by atoms with van der Waals surface area (Å²) in [6, 6.07) is 10.7. The second-order valence-electron chi connectivity index (χ2n) is 7.04. The van der Waals surface area contributed by atoms with Gasteiger partial charge in [-0.15, -0.1) is 10.2 Å². The predicted molar refractivity (Wildman–Crippen MR) is 108 cm³/mol. The van der Waals surface area contributed by atoms with Gasteiger partial charge in [0.2, 0.25) is 17.6 Å². The Hall–Kier alpha value is -3.14. The monoisotopic (exact) mass is 446 g/mol. The van der Waals surface area contributed by atoms with Gasteiger partial charge in [-0.05, 0) is 45.0 Å². The Bertz CT molecular complexity index is 1200. The van der Waals surface area contributed by atoms with Crippen molar-refractivity contribution in [2.45, 2.75) is 37.4 Å². The third kappa shape index (κ3) is 4.79. The van der Waals surface area contributed by atoms with Crippen LogP contribution in [0.2, 0.25) is 0 Å². The normalized spacial score (nSPS) is 12.8. The lowest BCUT2D eigenvalue weighted by molar-refractivity contribution is -0.137. The van der Waals surface area contributed by atoms with Crippen LogP contribution in [0.25, 0.3) is 22.8 Å². The van der Waals surface area contributed by atoms with Crippen molar-refractivity contribution < 1.29 is 22.1 Å². The molecule has 10 heteroatoms. The topological polar surface area (TPSA) is 77.8 Å². The van der Waals surface area contributed by atoms with E-state index in [0.29, 0.717) is 11.1 Å². The van der Waals surface area contributed by atoms with E-state index >= 15 is 0 Å². The van der Waals surface area contributed by atoms with Crippen molar-refractivity contribution in [1.29, 1.82) is 0 Å². The minimum atomic E-state index is -4.45. The average Bonchev–Trinajstić information content (AvgIpc) is 3.36. The Labute approximate surface area is 179 Å². The lowest BCUT2D eigenvalue weighted by Gasteiger charge is -2.06. The molecule has 1 atom stereocenters. The van der Waals surface area contributed by atoms with Crippen LogP contribution >= 0.6 is 11.8 Å². The number of hydrogen-bond donors (Lipinski definition) is 0. The van der Waals surface area contributed by atoms with Gasteiger partial charge in [0.25, 0.3) is 5.22 Å². The van der Waals surface area contributed by atoms with Gasteiger partial charge in [0.15, 0.2) is 0 Å². The van der Waals surface area contributed by atoms with Crippen LogP contribution in [0.3, 0.4) is 0 Å². The zero-order valence-electron chi connectivity index (χ0n) is 16.8. The molecule has 0 bridgehead atoms. The van der Waals surface area contributed by atoms with E-state index in [4.69, 9.17) is 8.94 Å². The van der Waals surface area contributed by atoms with Crippen LogP contribution in [-0.4, -0.2) is 20.3 Å². The Morgan fingerprint density at radius 2 is 1.71 bits per heavy atom. The molecule has 4 aromatic rings. The first-order valence-corrected chi connectivity index (χ1v) is 10.2. The molecule has 160 valence electrons. The van der Waals surface area contributed by atoms with Crippen LogP contribution in [0.5, 0.6) is 0 Å². The lowest BCUT2D eigenvalue weighted by atomic mass is 10.1. The summed E-state index contributed by atoms with van der Waals surface area (Å²) < 4.78 is 49.8. The molecule has 1 unspecified atom stereocenters. The summed E-state index contributed by atoms with van der Waals surface area (Å²) in [6.07, 6.45) is -4.45. The second kappa shape index (κ2) is 8.18. The fraction of sp³-hybridized carbons (Fsp3) is 0.238. The molecular formula is C21H17F3N4O2S. The van der Waals surface area contributed by atoms with Gasteiger partial charge in [-0.1, -0.05) is 46.2 Å². The molecule has 0 aliphatic heterocycles. The van der Waals surface area contributed by atoms with Crippen LogP contribution in [0, 0.1) is 13.8 Å². The largest absolute Gasteiger partial charge is 0.416 e. The zero-order valence-corrected chi connectivity index (χ0v) is 17.6. The van der Waals surface area contributed by atoms with Gasteiger partial charge in [-0.3, -0.25) is 0 Å². The van der Waals surface area contributed by atoms with Gasteiger partial charge in [-0.25, -0.2) is 0 Å². The van der Waals surface area contributed by atoms with Crippen molar-refractivity contribution in [2.75, 3.05) is 0 Å². The molecule has 0 amide bonds. The van der Waals surface area contributed by atoms with E-state index in [1.807, 2.05) is 26.0 Å². The Kier molecular flexibility index (Phi) is 5.57. The number of thioether (sulfide) groups is 1. The summed E-state index contributed by atoms with van der Waals surface area (Å²) in [4.78, 5) is 4.23. The maximum atomic E-state index is 12.9. The first-order valence-electron chi connectivity index (χ1n) is 9.29. The molecule has 2 aromatic heterocycles. The SMILES string of the molecule is Cc1cc(C)cc(-c2nnc(SC(C)c3nc(-c4cccc(C(F)(F)F)c4)no3)o2)c1. The molecule has 0 N–H and O–H groups in total. The standard InChI is InChI=1S/C21H17F3N4O2S/c1-11-7-12(2)9-15(8-11)19-26-27-20(29-19)31-13(3)18-25-17(28-30-18)14-5-4-6-16(10-14)21(22,23)24/h4-10,13H,1-3H3. The Morgan fingerprint density at radius 3 is 2.42 bits per heavy atom. The smallest absolute Gasteiger partial charge is 0.411 e. The van der Waals surface area contributed by atoms with E-state index in [-0.39, 0.29) is 22.5 Å². The van der Waals surface area contributed by atoms with E-state index in [1.165, 1.54) is 23.9 Å². The third-order valence-corrected chi connectivity index (χ3v) is 5.31. The molecule has 2 aromatic carbocycles. The molecule has 2 heterocycles. The molecular weight excluding hydrogens is 429 g/mol. The average molecular weight is 446 g/mol. The van der Waals surface area contributed by atoms with Crippen molar-refractivity contribution in [3.05, 3.63) is 65.0 Å². The lowest BCUT2D eigenvalue weighted by Crippen LogP contribution is -2.04. The van der Waals surface area contributed by atoms with Crippen LogP contribution in [0.1, 0.15) is 34.8 Å². The first-order chi connectivity index (χ1) is 14.7. The quantitative estimate of drug-likeness (QED) is 0.334. The van der Waals surface area contributed by atoms with Crippen molar-refractivity contribution in [3.63, 3.8) is 0 Å².